The third kappa shape index (κ3) is 1.94. The number of rotatable bonds is 4. The van der Waals surface area contributed by atoms with Crippen molar-refractivity contribution in [3.63, 3.8) is 0 Å². The van der Waals surface area contributed by atoms with Gasteiger partial charge < -0.3 is 38.8 Å². The first-order chi connectivity index (χ1) is 16.2. The van der Waals surface area contributed by atoms with Crippen LogP contribution in [0.3, 0.4) is 0 Å². The van der Waals surface area contributed by atoms with Crippen LogP contribution in [0.25, 0.3) is 0 Å². The Hall–Kier alpha value is -0.810. The number of hydrogen-bond donors (Lipinski definition) is 2. The maximum absolute atomic E-state index is 13.2. The van der Waals surface area contributed by atoms with Crippen LogP contribution in [-0.4, -0.2) is 93.0 Å². The first-order valence-corrected chi connectivity index (χ1v) is 12.7. The van der Waals surface area contributed by atoms with Gasteiger partial charge in [-0.15, -0.1) is 0 Å². The predicted octanol–water partition coefficient (Wildman–Crippen LogP) is 0.618. The SMILES string of the molecule is CO[C@H]1[C@@H]2C[C@]3(O)[C@H]1[C@@]1(C[C@@H]2OC)OCO[C@]12[C@H]1NC[C@]4(C)CC[C@H](OC)[C@@]13[C@@H]4[C@@H]2OC(C)=O. The van der Waals surface area contributed by atoms with Crippen molar-refractivity contribution in [2.45, 2.75) is 86.8 Å². The van der Waals surface area contributed by atoms with Gasteiger partial charge in [0.05, 0.1) is 35.4 Å². The largest absolute Gasteiger partial charge is 0.459 e. The van der Waals surface area contributed by atoms with Crippen LogP contribution in [0.15, 0.2) is 0 Å². The molecule has 7 fully saturated rings. The molecule has 0 aromatic carbocycles. The van der Waals surface area contributed by atoms with Crippen molar-refractivity contribution < 1.29 is 38.3 Å². The number of aliphatic hydroxyl groups is 1. The molecule has 190 valence electrons. The van der Waals surface area contributed by atoms with Crippen LogP contribution in [0.2, 0.25) is 0 Å². The van der Waals surface area contributed by atoms with E-state index in [4.69, 9.17) is 28.4 Å². The fraction of sp³-hybridized carbons (Fsp3) is 0.960. The minimum absolute atomic E-state index is 0.0317. The van der Waals surface area contributed by atoms with E-state index in [2.05, 4.69) is 12.2 Å². The van der Waals surface area contributed by atoms with Gasteiger partial charge in [-0.2, -0.15) is 0 Å². The van der Waals surface area contributed by atoms with Gasteiger partial charge in [-0.1, -0.05) is 6.92 Å². The number of carbonyl (C=O) groups is 1. The Bertz CT molecular complexity index is 933. The zero-order valence-corrected chi connectivity index (χ0v) is 20.7. The monoisotopic (exact) mass is 479 g/mol. The van der Waals surface area contributed by atoms with Crippen molar-refractivity contribution in [3.05, 3.63) is 0 Å². The number of carbonyl (C=O) groups excluding carboxylic acids is 1. The van der Waals surface area contributed by atoms with E-state index in [0.29, 0.717) is 12.8 Å². The lowest BCUT2D eigenvalue weighted by molar-refractivity contribution is -0.312. The Balaban J connectivity index is 1.59. The van der Waals surface area contributed by atoms with Crippen LogP contribution in [0.4, 0.5) is 0 Å². The fourth-order valence-electron chi connectivity index (χ4n) is 11.1. The van der Waals surface area contributed by atoms with Gasteiger partial charge in [0.15, 0.2) is 5.60 Å². The summed E-state index contributed by atoms with van der Waals surface area (Å²) in [5.41, 5.74) is -3.97. The van der Waals surface area contributed by atoms with E-state index in [1.807, 2.05) is 0 Å². The van der Waals surface area contributed by atoms with Gasteiger partial charge in [0.2, 0.25) is 0 Å². The number of hydrogen-bond acceptors (Lipinski definition) is 9. The van der Waals surface area contributed by atoms with Crippen LogP contribution in [0, 0.1) is 28.6 Å². The molecule has 5 aliphatic carbocycles. The molecule has 0 amide bonds. The molecule has 13 atom stereocenters. The van der Waals surface area contributed by atoms with Gasteiger partial charge in [0, 0.05) is 59.0 Å². The number of esters is 1. The highest BCUT2D eigenvalue weighted by atomic mass is 16.7. The summed E-state index contributed by atoms with van der Waals surface area (Å²) in [5, 5.41) is 17.0. The van der Waals surface area contributed by atoms with E-state index < -0.39 is 28.3 Å². The summed E-state index contributed by atoms with van der Waals surface area (Å²) >= 11 is 0. The molecule has 34 heavy (non-hydrogen) atoms. The number of ether oxygens (including phenoxy) is 6. The smallest absolute Gasteiger partial charge is 0.303 e. The molecular weight excluding hydrogens is 442 g/mol. The van der Waals surface area contributed by atoms with Gasteiger partial charge in [0.25, 0.3) is 0 Å². The standard InChI is InChI=1S/C25H37NO8/c1-12(27)34-19-18-21(2)7-6-15(30-4)24(18)20(26-10-21)25(19)23(32-11-33-25)9-14(29-3)13-8-22(24,28)17(23)16(13)31-5/h13-20,26,28H,6-11H2,1-5H3/t13-,14+,15+,16+,17+,18-,19+,20+,21+,22+,23-,24-,25-/m1/s1. The van der Waals surface area contributed by atoms with Gasteiger partial charge in [-0.3, -0.25) is 4.79 Å². The van der Waals surface area contributed by atoms with E-state index in [-0.39, 0.29) is 60.3 Å². The first-order valence-electron chi connectivity index (χ1n) is 12.7. The lowest BCUT2D eigenvalue weighted by Crippen LogP contribution is -2.85. The predicted molar refractivity (Wildman–Crippen MR) is 117 cm³/mol. The quantitative estimate of drug-likeness (QED) is 0.562. The molecule has 0 radical (unpaired) electrons. The average molecular weight is 480 g/mol. The van der Waals surface area contributed by atoms with E-state index in [0.717, 1.165) is 19.4 Å². The molecule has 7 aliphatic rings. The van der Waals surface area contributed by atoms with Crippen molar-refractivity contribution in [2.24, 2.45) is 28.6 Å². The summed E-state index contributed by atoms with van der Waals surface area (Å²) in [5.74, 6) is -0.791. The highest BCUT2D eigenvalue weighted by Crippen LogP contribution is 2.82. The number of piperidine rings is 1. The first kappa shape index (κ1) is 22.4. The highest BCUT2D eigenvalue weighted by molar-refractivity contribution is 5.67. The minimum atomic E-state index is -1.16. The van der Waals surface area contributed by atoms with Gasteiger partial charge in [0.1, 0.15) is 18.5 Å². The molecule has 2 saturated heterocycles. The summed E-state index contributed by atoms with van der Waals surface area (Å²) in [6.07, 6.45) is 1.63. The molecule has 2 N–H and O–H groups in total. The Morgan fingerprint density at radius 1 is 1.09 bits per heavy atom. The van der Waals surface area contributed by atoms with E-state index >= 15 is 0 Å². The summed E-state index contributed by atoms with van der Waals surface area (Å²) in [4.78, 5) is 12.6. The molecule has 2 aliphatic heterocycles. The summed E-state index contributed by atoms with van der Waals surface area (Å²) in [6.45, 7) is 4.58. The molecule has 5 saturated carbocycles. The van der Waals surface area contributed by atoms with Crippen LogP contribution >= 0.6 is 0 Å². The lowest BCUT2D eigenvalue weighted by Gasteiger charge is -2.69. The van der Waals surface area contributed by atoms with E-state index in [9.17, 15) is 9.90 Å². The molecule has 0 aromatic heterocycles. The minimum Gasteiger partial charge on any atom is -0.459 e. The second-order valence-corrected chi connectivity index (χ2v) is 12.2. The molecule has 0 aromatic rings. The van der Waals surface area contributed by atoms with Crippen LogP contribution in [-0.2, 0) is 33.2 Å². The molecule has 3 spiro atoms. The maximum Gasteiger partial charge on any atom is 0.303 e. The molecule has 7 bridgehead atoms. The van der Waals surface area contributed by atoms with Crippen LogP contribution < -0.4 is 5.32 Å². The Kier molecular flexibility index (Phi) is 4.31. The molecule has 7 rings (SSSR count). The maximum atomic E-state index is 13.2. The van der Waals surface area contributed by atoms with Crippen molar-refractivity contribution in [2.75, 3.05) is 34.7 Å². The Labute approximate surface area is 200 Å². The van der Waals surface area contributed by atoms with Gasteiger partial charge in [-0.25, -0.2) is 0 Å². The van der Waals surface area contributed by atoms with Gasteiger partial charge >= 0.3 is 5.97 Å². The van der Waals surface area contributed by atoms with E-state index in [1.54, 1.807) is 21.3 Å². The Morgan fingerprint density at radius 2 is 1.88 bits per heavy atom. The average Bonchev–Trinajstić information content (AvgIpc) is 3.34. The zero-order chi connectivity index (χ0) is 23.9. The second kappa shape index (κ2) is 6.54. The number of fused-ring (bicyclic) bond motifs is 1. The Morgan fingerprint density at radius 3 is 2.56 bits per heavy atom. The third-order valence-corrected chi connectivity index (χ3v) is 11.6. The zero-order valence-electron chi connectivity index (χ0n) is 20.7. The fourth-order valence-corrected chi connectivity index (χ4v) is 11.1. The topological polar surface area (TPSA) is 105 Å². The van der Waals surface area contributed by atoms with Crippen molar-refractivity contribution in [1.29, 1.82) is 0 Å². The van der Waals surface area contributed by atoms with E-state index in [1.165, 1.54) is 6.92 Å². The van der Waals surface area contributed by atoms with Crippen LogP contribution in [0.5, 0.6) is 0 Å². The molecule has 0 unspecified atom stereocenters. The summed E-state index contributed by atoms with van der Waals surface area (Å²) in [6, 6.07) is -0.289. The highest BCUT2D eigenvalue weighted by Gasteiger charge is 2.97. The molecule has 2 heterocycles. The third-order valence-electron chi connectivity index (χ3n) is 11.6. The van der Waals surface area contributed by atoms with Crippen LogP contribution in [0.1, 0.15) is 39.5 Å². The molecule has 9 heteroatoms. The second-order valence-electron chi connectivity index (χ2n) is 12.2. The van der Waals surface area contributed by atoms with Gasteiger partial charge in [-0.05, 0) is 24.7 Å². The molecular formula is C25H37NO8. The summed E-state index contributed by atoms with van der Waals surface area (Å²) < 4.78 is 38.1. The van der Waals surface area contributed by atoms with Crippen molar-refractivity contribution in [1.82, 2.24) is 5.32 Å². The normalized spacial score (nSPS) is 62.4. The van der Waals surface area contributed by atoms with Crippen molar-refractivity contribution in [3.8, 4) is 0 Å². The van der Waals surface area contributed by atoms with Crippen molar-refractivity contribution >= 4 is 5.97 Å². The number of nitrogens with one attached hydrogen (secondary N) is 1. The lowest BCUT2D eigenvalue weighted by atomic mass is 9.41. The summed E-state index contributed by atoms with van der Waals surface area (Å²) in [7, 11) is 5.18. The molecule has 9 nitrogen and oxygen atoms in total. The number of methoxy groups -OCH3 is 3.